The molecule has 0 saturated carbocycles. The van der Waals surface area contributed by atoms with E-state index in [1.54, 1.807) is 12.1 Å². The molecule has 13 heteroatoms. The first kappa shape index (κ1) is 26.0. The molecule has 0 aromatic heterocycles. The van der Waals surface area contributed by atoms with Crippen LogP contribution in [0.3, 0.4) is 0 Å². The number of nitro benzene ring substituents is 2. The number of halogens is 2. The highest BCUT2D eigenvalue weighted by Crippen LogP contribution is 2.45. The van der Waals surface area contributed by atoms with Gasteiger partial charge in [0.2, 0.25) is 9.84 Å². The van der Waals surface area contributed by atoms with E-state index >= 15 is 0 Å². The van der Waals surface area contributed by atoms with Gasteiger partial charge in [0.15, 0.2) is 0 Å². The highest BCUT2D eigenvalue weighted by Gasteiger charge is 2.40. The fourth-order valence-corrected chi connectivity index (χ4v) is 5.91. The van der Waals surface area contributed by atoms with Crippen molar-refractivity contribution in [3.8, 4) is 12.1 Å². The Hall–Kier alpha value is -3.25. The molecule has 2 rings (SSSR count). The van der Waals surface area contributed by atoms with Crippen LogP contribution in [0.1, 0.15) is 49.9 Å². The third-order valence-corrected chi connectivity index (χ3v) is 6.89. The quantitative estimate of drug-likeness (QED) is 0.296. The molecule has 0 aliphatic rings. The van der Waals surface area contributed by atoms with E-state index in [1.165, 1.54) is 27.7 Å². The molecule has 0 aliphatic carbocycles. The molecule has 0 radical (unpaired) electrons. The number of benzene rings is 2. The molecular formula is C20H16Cl2N4O6S. The summed E-state index contributed by atoms with van der Waals surface area (Å²) in [5.41, 5.74) is -3.02. The summed E-state index contributed by atoms with van der Waals surface area (Å²) >= 11 is 12.7. The summed E-state index contributed by atoms with van der Waals surface area (Å²) in [6, 6.07) is 6.89. The van der Waals surface area contributed by atoms with Crippen molar-refractivity contribution in [1.82, 2.24) is 0 Å². The molecule has 0 unspecified atom stereocenters. The molecule has 0 atom stereocenters. The number of nitrogens with zero attached hydrogens (tertiary/aromatic N) is 4. The fourth-order valence-electron chi connectivity index (χ4n) is 3.42. The van der Waals surface area contributed by atoms with Crippen LogP contribution in [0.2, 0.25) is 0 Å². The van der Waals surface area contributed by atoms with E-state index in [1.807, 2.05) is 0 Å². The second kappa shape index (κ2) is 8.60. The molecule has 0 bridgehead atoms. The van der Waals surface area contributed by atoms with E-state index in [9.17, 15) is 39.2 Å². The number of hydrogen-bond donors (Lipinski definition) is 0. The highest BCUT2D eigenvalue weighted by molar-refractivity contribution is 7.91. The summed E-state index contributed by atoms with van der Waals surface area (Å²) in [6.45, 7) is 5.43. The first-order chi connectivity index (χ1) is 15.0. The second-order valence-corrected chi connectivity index (χ2v) is 11.6. The SMILES string of the molecule is CC(C)(Cl)c1c(S(=O)(=O)c2ccc([N+](=O)[O-])c(C#N)c2C(C)(C)Cl)ccc([N+](=O)[O-])c1C#N. The maximum absolute atomic E-state index is 13.8. The van der Waals surface area contributed by atoms with Gasteiger partial charge in [-0.25, -0.2) is 8.42 Å². The zero-order valence-corrected chi connectivity index (χ0v) is 20.0. The number of sulfone groups is 1. The smallest absolute Gasteiger partial charge is 0.258 e. The molecule has 0 aliphatic heterocycles. The fraction of sp³-hybridized carbons (Fsp3) is 0.300. The largest absolute Gasteiger partial charge is 0.287 e. The minimum atomic E-state index is -4.63. The molecule has 0 fully saturated rings. The molecule has 172 valence electrons. The van der Waals surface area contributed by atoms with Gasteiger partial charge in [0.05, 0.1) is 29.4 Å². The molecule has 10 nitrogen and oxygen atoms in total. The third-order valence-electron chi connectivity index (χ3n) is 4.68. The van der Waals surface area contributed by atoms with Crippen LogP contribution in [0.5, 0.6) is 0 Å². The number of rotatable bonds is 6. The van der Waals surface area contributed by atoms with E-state index < -0.39 is 61.7 Å². The standard InChI is InChI=1S/C20H16Cl2N4O6S/c1-19(2,21)17-11(9-23)13(25(27)28)5-7-15(17)33(31,32)16-8-6-14(26(29)30)12(10-24)18(16)20(3,4)22/h5-8H,1-4H3. The molecule has 0 saturated heterocycles. The number of alkyl halides is 2. The van der Waals surface area contributed by atoms with Gasteiger partial charge in [0, 0.05) is 23.3 Å². The average molecular weight is 511 g/mol. The van der Waals surface area contributed by atoms with E-state index in [2.05, 4.69) is 0 Å². The Morgan fingerprint density at radius 3 is 1.30 bits per heavy atom. The maximum Gasteiger partial charge on any atom is 0.287 e. The van der Waals surface area contributed by atoms with Gasteiger partial charge >= 0.3 is 0 Å². The average Bonchev–Trinajstić information content (AvgIpc) is 2.69. The maximum atomic E-state index is 13.8. The lowest BCUT2D eigenvalue weighted by molar-refractivity contribution is -0.385. The topological polar surface area (TPSA) is 168 Å². The third kappa shape index (κ3) is 4.62. The zero-order chi connectivity index (χ0) is 25.5. The number of nitriles is 2. The minimum Gasteiger partial charge on any atom is -0.258 e. The van der Waals surface area contributed by atoms with Crippen LogP contribution in [0.15, 0.2) is 34.1 Å². The lowest BCUT2D eigenvalue weighted by Crippen LogP contribution is -2.22. The zero-order valence-electron chi connectivity index (χ0n) is 17.7. The predicted molar refractivity (Wildman–Crippen MR) is 119 cm³/mol. The summed E-state index contributed by atoms with van der Waals surface area (Å²) < 4.78 is 27.6. The number of hydrogen-bond acceptors (Lipinski definition) is 8. The molecule has 2 aromatic carbocycles. The van der Waals surface area contributed by atoms with Crippen molar-refractivity contribution in [2.24, 2.45) is 0 Å². The van der Waals surface area contributed by atoms with E-state index in [-0.39, 0.29) is 11.1 Å². The molecule has 0 N–H and O–H groups in total. The molecule has 0 amide bonds. The first-order valence-corrected chi connectivity index (χ1v) is 11.3. The van der Waals surface area contributed by atoms with Crippen molar-refractivity contribution < 1.29 is 18.3 Å². The summed E-state index contributed by atoms with van der Waals surface area (Å²) in [5, 5.41) is 42.0. The first-order valence-electron chi connectivity index (χ1n) is 9.07. The van der Waals surface area contributed by atoms with Crippen LogP contribution in [-0.4, -0.2) is 18.3 Å². The van der Waals surface area contributed by atoms with Crippen LogP contribution >= 0.6 is 23.2 Å². The predicted octanol–water partition coefficient (Wildman–Crippen LogP) is 5.03. The Balaban J connectivity index is 3.13. The van der Waals surface area contributed by atoms with Crippen molar-refractivity contribution in [1.29, 1.82) is 10.5 Å². The normalized spacial score (nSPS) is 12.0. The van der Waals surface area contributed by atoms with Crippen molar-refractivity contribution >= 4 is 44.4 Å². The van der Waals surface area contributed by atoms with Crippen LogP contribution in [0.4, 0.5) is 11.4 Å². The summed E-state index contributed by atoms with van der Waals surface area (Å²) in [5.74, 6) is 0. The molecular weight excluding hydrogens is 495 g/mol. The van der Waals surface area contributed by atoms with Gasteiger partial charge in [-0.3, -0.25) is 20.2 Å². The van der Waals surface area contributed by atoms with Crippen molar-refractivity contribution in [2.45, 2.75) is 47.2 Å². The van der Waals surface area contributed by atoms with Gasteiger partial charge in [-0.15, -0.1) is 23.2 Å². The van der Waals surface area contributed by atoms with Gasteiger partial charge in [0.1, 0.15) is 23.3 Å². The Kier molecular flexibility index (Phi) is 6.77. The second-order valence-electron chi connectivity index (χ2n) is 7.85. The monoisotopic (exact) mass is 510 g/mol. The molecule has 2 aromatic rings. The van der Waals surface area contributed by atoms with E-state index in [0.29, 0.717) is 0 Å². The van der Waals surface area contributed by atoms with E-state index in [0.717, 1.165) is 24.3 Å². The van der Waals surface area contributed by atoms with Crippen molar-refractivity contribution in [2.75, 3.05) is 0 Å². The van der Waals surface area contributed by atoms with Crippen LogP contribution in [0.25, 0.3) is 0 Å². The Morgan fingerprint density at radius 2 is 1.09 bits per heavy atom. The van der Waals surface area contributed by atoms with Gasteiger partial charge in [0.25, 0.3) is 11.4 Å². The Bertz CT molecular complexity index is 1280. The van der Waals surface area contributed by atoms with Crippen LogP contribution in [0, 0.1) is 42.9 Å². The number of nitro groups is 2. The summed E-state index contributed by atoms with van der Waals surface area (Å²) in [4.78, 5) is 17.0. The van der Waals surface area contributed by atoms with E-state index in [4.69, 9.17) is 23.2 Å². The Labute approximate surface area is 199 Å². The Morgan fingerprint density at radius 1 is 0.788 bits per heavy atom. The van der Waals surface area contributed by atoms with Crippen molar-refractivity contribution in [3.05, 3.63) is 66.7 Å². The van der Waals surface area contributed by atoms with Crippen LogP contribution < -0.4 is 0 Å². The lowest BCUT2D eigenvalue weighted by Gasteiger charge is -2.25. The minimum absolute atomic E-state index is 0.323. The van der Waals surface area contributed by atoms with Crippen LogP contribution in [-0.2, 0) is 19.6 Å². The van der Waals surface area contributed by atoms with Gasteiger partial charge in [-0.1, -0.05) is 0 Å². The molecule has 33 heavy (non-hydrogen) atoms. The molecule has 0 spiro atoms. The summed E-state index contributed by atoms with van der Waals surface area (Å²) in [7, 11) is -4.63. The van der Waals surface area contributed by atoms with Gasteiger partial charge < -0.3 is 0 Å². The van der Waals surface area contributed by atoms with Gasteiger partial charge in [-0.05, 0) is 39.8 Å². The van der Waals surface area contributed by atoms with Crippen molar-refractivity contribution in [3.63, 3.8) is 0 Å². The highest BCUT2D eigenvalue weighted by atomic mass is 35.5. The van der Waals surface area contributed by atoms with Gasteiger partial charge in [-0.2, -0.15) is 10.5 Å². The summed E-state index contributed by atoms with van der Waals surface area (Å²) in [6.07, 6.45) is 0. The lowest BCUT2D eigenvalue weighted by atomic mass is 9.95. The molecule has 0 heterocycles.